The fourth-order valence-electron chi connectivity index (χ4n) is 2.29. The number of hydrogen-bond acceptors (Lipinski definition) is 3. The van der Waals surface area contributed by atoms with E-state index in [-0.39, 0.29) is 6.61 Å². The van der Waals surface area contributed by atoms with Crippen LogP contribution in [0.25, 0.3) is 0 Å². The third kappa shape index (κ3) is 3.96. The van der Waals surface area contributed by atoms with E-state index in [2.05, 4.69) is 4.74 Å². The molecule has 2 N–H and O–H groups in total. The van der Waals surface area contributed by atoms with Gasteiger partial charge in [0.25, 0.3) is 0 Å². The van der Waals surface area contributed by atoms with Crippen LogP contribution in [-0.2, 0) is 10.2 Å². The zero-order valence-electron chi connectivity index (χ0n) is 12.3. The topological polar surface area (TPSA) is 49.7 Å². The lowest BCUT2D eigenvalue weighted by molar-refractivity contribution is -0.340. The summed E-state index contributed by atoms with van der Waals surface area (Å²) in [6.07, 6.45) is -8.05. The van der Waals surface area contributed by atoms with Crippen LogP contribution in [0.1, 0.15) is 32.8 Å². The minimum absolute atomic E-state index is 0.134. The normalized spacial score (nSPS) is 17.3. The van der Waals surface area contributed by atoms with E-state index in [0.717, 1.165) is 0 Å². The molecule has 2 unspecified atom stereocenters. The molecule has 1 aromatic carbocycles. The summed E-state index contributed by atoms with van der Waals surface area (Å²) in [5.41, 5.74) is -3.69. The van der Waals surface area contributed by atoms with E-state index in [1.54, 1.807) is 44.2 Å². The predicted molar refractivity (Wildman–Crippen MR) is 72.7 cm³/mol. The number of benzene rings is 1. The van der Waals surface area contributed by atoms with Gasteiger partial charge in [-0.2, -0.15) is 13.2 Å². The Morgan fingerprint density at radius 1 is 1.14 bits per heavy atom. The molecule has 0 aromatic heterocycles. The molecular formula is C15H21F3O3. The predicted octanol–water partition coefficient (Wildman–Crippen LogP) is 3.00. The van der Waals surface area contributed by atoms with Crippen LogP contribution >= 0.6 is 0 Å². The van der Waals surface area contributed by atoms with Gasteiger partial charge in [-0.05, 0) is 24.3 Å². The third-order valence-electron chi connectivity index (χ3n) is 3.49. The van der Waals surface area contributed by atoms with E-state index in [1.165, 1.54) is 6.92 Å². The van der Waals surface area contributed by atoms with E-state index in [4.69, 9.17) is 0 Å². The SMILES string of the molecule is CCOC(O)C(O)(CC(C)(C)c1ccccc1)C(F)(F)F. The molecule has 2 atom stereocenters. The van der Waals surface area contributed by atoms with E-state index in [9.17, 15) is 23.4 Å². The van der Waals surface area contributed by atoms with Crippen LogP contribution in [0.15, 0.2) is 30.3 Å². The lowest BCUT2D eigenvalue weighted by Crippen LogP contribution is -2.58. The summed E-state index contributed by atoms with van der Waals surface area (Å²) in [6, 6.07) is 8.55. The molecule has 0 aliphatic rings. The molecule has 0 bridgehead atoms. The van der Waals surface area contributed by atoms with Crippen molar-refractivity contribution in [3.8, 4) is 0 Å². The smallest absolute Gasteiger partial charge is 0.377 e. The summed E-state index contributed by atoms with van der Waals surface area (Å²) < 4.78 is 44.3. The minimum Gasteiger partial charge on any atom is -0.377 e. The maximum atomic E-state index is 13.2. The van der Waals surface area contributed by atoms with Crippen LogP contribution < -0.4 is 0 Å². The fraction of sp³-hybridized carbons (Fsp3) is 0.600. The van der Waals surface area contributed by atoms with Gasteiger partial charge in [0.2, 0.25) is 5.60 Å². The van der Waals surface area contributed by atoms with E-state index < -0.39 is 29.9 Å². The molecule has 0 amide bonds. The number of alkyl halides is 3. The van der Waals surface area contributed by atoms with Gasteiger partial charge in [-0.15, -0.1) is 0 Å². The molecular weight excluding hydrogens is 285 g/mol. The van der Waals surface area contributed by atoms with Gasteiger partial charge in [0.1, 0.15) is 0 Å². The Hall–Kier alpha value is -1.11. The fourth-order valence-corrected chi connectivity index (χ4v) is 2.29. The Bertz CT molecular complexity index is 445. The molecule has 120 valence electrons. The molecule has 0 aliphatic heterocycles. The van der Waals surface area contributed by atoms with Crippen molar-refractivity contribution < 1.29 is 28.1 Å². The molecule has 0 saturated carbocycles. The number of aliphatic hydroxyl groups is 2. The average molecular weight is 306 g/mol. The molecule has 1 aromatic rings. The van der Waals surface area contributed by atoms with Crippen LogP contribution in [0.2, 0.25) is 0 Å². The first-order valence-corrected chi connectivity index (χ1v) is 6.69. The first-order chi connectivity index (χ1) is 9.54. The lowest BCUT2D eigenvalue weighted by atomic mass is 9.74. The van der Waals surface area contributed by atoms with Gasteiger partial charge in [0.05, 0.1) is 0 Å². The summed E-state index contributed by atoms with van der Waals surface area (Å²) in [5, 5.41) is 19.7. The summed E-state index contributed by atoms with van der Waals surface area (Å²) in [6.45, 7) is 4.48. The third-order valence-corrected chi connectivity index (χ3v) is 3.49. The quantitative estimate of drug-likeness (QED) is 0.794. The molecule has 3 nitrogen and oxygen atoms in total. The highest BCUT2D eigenvalue weighted by Gasteiger charge is 2.61. The molecule has 1 rings (SSSR count). The van der Waals surface area contributed by atoms with Crippen LogP contribution in [0.3, 0.4) is 0 Å². The van der Waals surface area contributed by atoms with Gasteiger partial charge in [0.15, 0.2) is 6.29 Å². The second-order valence-electron chi connectivity index (χ2n) is 5.66. The maximum Gasteiger partial charge on any atom is 0.422 e. The van der Waals surface area contributed by atoms with Crippen molar-refractivity contribution in [2.75, 3.05) is 6.61 Å². The number of ether oxygens (including phenoxy) is 1. The van der Waals surface area contributed by atoms with Crippen molar-refractivity contribution in [3.63, 3.8) is 0 Å². The second-order valence-corrected chi connectivity index (χ2v) is 5.66. The molecule has 0 fully saturated rings. The Morgan fingerprint density at radius 3 is 2.10 bits per heavy atom. The average Bonchev–Trinajstić information content (AvgIpc) is 2.38. The summed E-state index contributed by atoms with van der Waals surface area (Å²) in [5.74, 6) is 0. The van der Waals surface area contributed by atoms with E-state index in [0.29, 0.717) is 5.56 Å². The molecule has 21 heavy (non-hydrogen) atoms. The summed E-state index contributed by atoms with van der Waals surface area (Å²) in [4.78, 5) is 0. The van der Waals surface area contributed by atoms with Crippen molar-refractivity contribution in [2.24, 2.45) is 0 Å². The molecule has 0 radical (unpaired) electrons. The van der Waals surface area contributed by atoms with Gasteiger partial charge >= 0.3 is 6.18 Å². The van der Waals surface area contributed by atoms with Gasteiger partial charge < -0.3 is 14.9 Å². The number of halogens is 3. The van der Waals surface area contributed by atoms with Crippen molar-refractivity contribution in [1.82, 2.24) is 0 Å². The van der Waals surface area contributed by atoms with Gasteiger partial charge in [-0.1, -0.05) is 44.2 Å². The van der Waals surface area contributed by atoms with Crippen LogP contribution in [0.4, 0.5) is 13.2 Å². The van der Waals surface area contributed by atoms with Crippen LogP contribution in [-0.4, -0.2) is 34.9 Å². The summed E-state index contributed by atoms with van der Waals surface area (Å²) >= 11 is 0. The van der Waals surface area contributed by atoms with Gasteiger partial charge in [-0.3, -0.25) is 0 Å². The molecule has 0 aliphatic carbocycles. The largest absolute Gasteiger partial charge is 0.422 e. The first-order valence-electron chi connectivity index (χ1n) is 6.69. The Morgan fingerprint density at radius 2 is 1.67 bits per heavy atom. The Labute approximate surface area is 122 Å². The standard InChI is InChI=1S/C15H21F3O3/c1-4-21-12(19)14(20,15(16,17)18)10-13(2,3)11-8-6-5-7-9-11/h5-9,12,19-20H,4,10H2,1-3H3. The summed E-state index contributed by atoms with van der Waals surface area (Å²) in [7, 11) is 0. The van der Waals surface area contributed by atoms with Crippen molar-refractivity contribution in [3.05, 3.63) is 35.9 Å². The minimum atomic E-state index is -5.01. The Kier molecular flexibility index (Phi) is 5.41. The molecule has 0 saturated heterocycles. The molecule has 0 heterocycles. The number of aliphatic hydroxyl groups excluding tert-OH is 1. The zero-order chi connectivity index (χ0) is 16.3. The van der Waals surface area contributed by atoms with Crippen molar-refractivity contribution in [2.45, 2.75) is 50.7 Å². The van der Waals surface area contributed by atoms with Gasteiger partial charge in [0, 0.05) is 6.61 Å². The molecule has 6 heteroatoms. The highest BCUT2D eigenvalue weighted by atomic mass is 19.4. The first kappa shape index (κ1) is 17.9. The lowest BCUT2D eigenvalue weighted by Gasteiger charge is -2.40. The highest BCUT2D eigenvalue weighted by molar-refractivity contribution is 5.24. The Balaban J connectivity index is 3.12. The number of rotatable bonds is 6. The van der Waals surface area contributed by atoms with Crippen LogP contribution in [0, 0.1) is 0 Å². The van der Waals surface area contributed by atoms with Crippen molar-refractivity contribution >= 4 is 0 Å². The maximum absolute atomic E-state index is 13.2. The van der Waals surface area contributed by atoms with E-state index >= 15 is 0 Å². The van der Waals surface area contributed by atoms with E-state index in [1.807, 2.05) is 0 Å². The zero-order valence-corrected chi connectivity index (χ0v) is 12.3. The highest BCUT2D eigenvalue weighted by Crippen LogP contribution is 2.43. The van der Waals surface area contributed by atoms with Gasteiger partial charge in [-0.25, -0.2) is 0 Å². The monoisotopic (exact) mass is 306 g/mol. The molecule has 0 spiro atoms. The van der Waals surface area contributed by atoms with Crippen LogP contribution in [0.5, 0.6) is 0 Å². The van der Waals surface area contributed by atoms with Crippen molar-refractivity contribution in [1.29, 1.82) is 0 Å². The second kappa shape index (κ2) is 6.34. The number of hydrogen-bond donors (Lipinski definition) is 2.